The van der Waals surface area contributed by atoms with E-state index in [2.05, 4.69) is 31.8 Å². The van der Waals surface area contributed by atoms with Crippen LogP contribution < -0.4 is 15.5 Å². The number of nitrogens with one attached hydrogen (secondary N) is 2. The van der Waals surface area contributed by atoms with Crippen LogP contribution in [0.5, 0.6) is 5.75 Å². The first kappa shape index (κ1) is 20.6. The van der Waals surface area contributed by atoms with Crippen molar-refractivity contribution in [2.24, 2.45) is 11.0 Å². The second-order valence-corrected chi connectivity index (χ2v) is 7.10. The van der Waals surface area contributed by atoms with Crippen LogP contribution in [0.25, 0.3) is 0 Å². The van der Waals surface area contributed by atoms with Gasteiger partial charge >= 0.3 is 0 Å². The van der Waals surface area contributed by atoms with Crippen molar-refractivity contribution in [2.75, 3.05) is 7.11 Å². The smallest absolute Gasteiger partial charge is 0.262 e. The van der Waals surface area contributed by atoms with Crippen molar-refractivity contribution in [3.63, 3.8) is 0 Å². The third kappa shape index (κ3) is 5.92. The fourth-order valence-electron chi connectivity index (χ4n) is 2.39. The zero-order valence-electron chi connectivity index (χ0n) is 15.4. The SMILES string of the molecule is COc1ccc(Br)cc1/C=N/NC(=O)C(NC(=O)c1ccccc1)C(C)C. The molecule has 142 valence electrons. The van der Waals surface area contributed by atoms with Gasteiger partial charge in [-0.2, -0.15) is 5.10 Å². The Bertz CT molecular complexity index is 822. The van der Waals surface area contributed by atoms with Gasteiger partial charge in [0.15, 0.2) is 0 Å². The number of methoxy groups -OCH3 is 1. The highest BCUT2D eigenvalue weighted by molar-refractivity contribution is 9.10. The van der Waals surface area contributed by atoms with Crippen molar-refractivity contribution in [1.82, 2.24) is 10.7 Å². The lowest BCUT2D eigenvalue weighted by Gasteiger charge is -2.20. The Morgan fingerprint density at radius 1 is 1.15 bits per heavy atom. The molecule has 0 aromatic heterocycles. The summed E-state index contributed by atoms with van der Waals surface area (Å²) in [7, 11) is 1.56. The Labute approximate surface area is 167 Å². The minimum atomic E-state index is -0.709. The first-order valence-electron chi connectivity index (χ1n) is 8.44. The van der Waals surface area contributed by atoms with E-state index in [4.69, 9.17) is 4.74 Å². The molecule has 0 saturated heterocycles. The van der Waals surface area contributed by atoms with Crippen molar-refractivity contribution >= 4 is 34.0 Å². The number of hydrogen-bond acceptors (Lipinski definition) is 4. The number of nitrogens with zero attached hydrogens (tertiary/aromatic N) is 1. The number of amides is 2. The molecule has 0 bridgehead atoms. The van der Waals surface area contributed by atoms with Gasteiger partial charge < -0.3 is 10.1 Å². The highest BCUT2D eigenvalue weighted by Gasteiger charge is 2.24. The molecule has 2 aromatic carbocycles. The van der Waals surface area contributed by atoms with Crippen molar-refractivity contribution in [2.45, 2.75) is 19.9 Å². The zero-order valence-corrected chi connectivity index (χ0v) is 17.0. The molecule has 1 unspecified atom stereocenters. The van der Waals surface area contributed by atoms with Crippen LogP contribution in [-0.4, -0.2) is 31.2 Å². The van der Waals surface area contributed by atoms with Gasteiger partial charge in [-0.1, -0.05) is 48.0 Å². The first-order chi connectivity index (χ1) is 12.9. The van der Waals surface area contributed by atoms with Crippen molar-refractivity contribution in [1.29, 1.82) is 0 Å². The number of hydrogen-bond donors (Lipinski definition) is 2. The summed E-state index contributed by atoms with van der Waals surface area (Å²) in [4.78, 5) is 24.8. The largest absolute Gasteiger partial charge is 0.496 e. The summed E-state index contributed by atoms with van der Waals surface area (Å²) in [5.74, 6) is -0.163. The lowest BCUT2D eigenvalue weighted by atomic mass is 10.0. The topological polar surface area (TPSA) is 79.8 Å². The molecule has 2 rings (SSSR count). The van der Waals surface area contributed by atoms with Crippen LogP contribution in [0.4, 0.5) is 0 Å². The molecule has 0 spiro atoms. The molecule has 0 aliphatic rings. The number of carbonyl (C=O) groups is 2. The van der Waals surface area contributed by atoms with Crippen LogP contribution in [-0.2, 0) is 4.79 Å². The van der Waals surface area contributed by atoms with E-state index in [9.17, 15) is 9.59 Å². The highest BCUT2D eigenvalue weighted by Crippen LogP contribution is 2.21. The third-order valence-corrected chi connectivity index (χ3v) is 4.34. The van der Waals surface area contributed by atoms with Crippen molar-refractivity contribution < 1.29 is 14.3 Å². The van der Waals surface area contributed by atoms with E-state index in [1.165, 1.54) is 6.21 Å². The van der Waals surface area contributed by atoms with E-state index < -0.39 is 6.04 Å². The van der Waals surface area contributed by atoms with Crippen LogP contribution in [0.1, 0.15) is 29.8 Å². The number of benzene rings is 2. The Hall–Kier alpha value is -2.67. The van der Waals surface area contributed by atoms with Crippen LogP contribution in [0.2, 0.25) is 0 Å². The number of halogens is 1. The van der Waals surface area contributed by atoms with Gasteiger partial charge in [-0.05, 0) is 36.2 Å². The summed E-state index contributed by atoms with van der Waals surface area (Å²) in [6.45, 7) is 3.72. The minimum Gasteiger partial charge on any atom is -0.496 e. The minimum absolute atomic E-state index is 0.103. The Morgan fingerprint density at radius 2 is 1.85 bits per heavy atom. The van der Waals surface area contributed by atoms with Gasteiger partial charge in [0.1, 0.15) is 11.8 Å². The molecule has 0 aliphatic heterocycles. The van der Waals surface area contributed by atoms with E-state index in [1.807, 2.05) is 32.0 Å². The zero-order chi connectivity index (χ0) is 19.8. The quantitative estimate of drug-likeness (QED) is 0.520. The maximum absolute atomic E-state index is 12.5. The number of hydrazone groups is 1. The number of carbonyl (C=O) groups excluding carboxylic acids is 2. The van der Waals surface area contributed by atoms with Gasteiger partial charge in [0.2, 0.25) is 0 Å². The maximum atomic E-state index is 12.5. The number of rotatable bonds is 7. The van der Waals surface area contributed by atoms with Gasteiger partial charge in [0.05, 0.1) is 13.3 Å². The monoisotopic (exact) mass is 431 g/mol. The second kappa shape index (κ2) is 9.87. The predicted molar refractivity (Wildman–Crippen MR) is 109 cm³/mol. The molecule has 6 nitrogen and oxygen atoms in total. The molecule has 2 aromatic rings. The van der Waals surface area contributed by atoms with E-state index in [-0.39, 0.29) is 17.7 Å². The summed E-state index contributed by atoms with van der Waals surface area (Å²) in [6, 6.07) is 13.5. The molecule has 0 aliphatic carbocycles. The van der Waals surface area contributed by atoms with Crippen LogP contribution in [0.15, 0.2) is 58.1 Å². The first-order valence-corrected chi connectivity index (χ1v) is 9.24. The highest BCUT2D eigenvalue weighted by atomic mass is 79.9. The summed E-state index contributed by atoms with van der Waals surface area (Å²) in [6.07, 6.45) is 1.50. The lowest BCUT2D eigenvalue weighted by Crippen LogP contribution is -2.48. The van der Waals surface area contributed by atoms with Crippen LogP contribution in [0.3, 0.4) is 0 Å². The van der Waals surface area contributed by atoms with Gasteiger partial charge in [-0.3, -0.25) is 9.59 Å². The molecule has 2 N–H and O–H groups in total. The average Bonchev–Trinajstić information content (AvgIpc) is 2.66. The maximum Gasteiger partial charge on any atom is 0.262 e. The van der Waals surface area contributed by atoms with Gasteiger partial charge in [-0.25, -0.2) is 5.43 Å². The van der Waals surface area contributed by atoms with Gasteiger partial charge in [0, 0.05) is 15.6 Å². The lowest BCUT2D eigenvalue weighted by molar-refractivity contribution is -0.123. The summed E-state index contributed by atoms with van der Waals surface area (Å²) >= 11 is 3.39. The molecule has 0 radical (unpaired) electrons. The van der Waals surface area contributed by atoms with Gasteiger partial charge in [-0.15, -0.1) is 0 Å². The van der Waals surface area contributed by atoms with E-state index in [0.717, 1.165) is 4.47 Å². The Morgan fingerprint density at radius 3 is 2.48 bits per heavy atom. The molecule has 0 saturated carbocycles. The van der Waals surface area contributed by atoms with Crippen molar-refractivity contribution in [3.8, 4) is 5.75 Å². The van der Waals surface area contributed by atoms with Crippen molar-refractivity contribution in [3.05, 3.63) is 64.1 Å². The second-order valence-electron chi connectivity index (χ2n) is 6.18. The third-order valence-electron chi connectivity index (χ3n) is 3.84. The predicted octanol–water partition coefficient (Wildman–Crippen LogP) is 3.36. The molecular weight excluding hydrogens is 410 g/mol. The normalized spacial score (nSPS) is 12.0. The van der Waals surface area contributed by atoms with E-state index in [0.29, 0.717) is 16.9 Å². The summed E-state index contributed by atoms with van der Waals surface area (Å²) in [5, 5.41) is 6.75. The van der Waals surface area contributed by atoms with Crippen LogP contribution in [0, 0.1) is 5.92 Å². The van der Waals surface area contributed by atoms with E-state index in [1.54, 1.807) is 37.4 Å². The molecule has 0 heterocycles. The summed E-state index contributed by atoms with van der Waals surface area (Å²) in [5.41, 5.74) is 3.69. The van der Waals surface area contributed by atoms with Gasteiger partial charge in [0.25, 0.3) is 11.8 Å². The number of ether oxygens (including phenoxy) is 1. The molecule has 1 atom stereocenters. The standard InChI is InChI=1S/C20H22BrN3O3/c1-13(2)18(23-19(25)14-7-5-4-6-8-14)20(26)24-22-12-15-11-16(21)9-10-17(15)27-3/h4-13,18H,1-3H3,(H,23,25)(H,24,26)/b22-12+. The fraction of sp³-hybridized carbons (Fsp3) is 0.250. The molecule has 2 amide bonds. The Balaban J connectivity index is 2.05. The Kier molecular flexibility index (Phi) is 7.55. The van der Waals surface area contributed by atoms with Crippen LogP contribution >= 0.6 is 15.9 Å². The summed E-state index contributed by atoms with van der Waals surface area (Å²) < 4.78 is 6.13. The average molecular weight is 432 g/mol. The molecule has 27 heavy (non-hydrogen) atoms. The molecule has 7 heteroatoms. The van der Waals surface area contributed by atoms with E-state index >= 15 is 0 Å². The molecule has 0 fully saturated rings. The fourth-order valence-corrected chi connectivity index (χ4v) is 2.77. The molecular formula is C20H22BrN3O3.